The molecule has 0 aromatic carbocycles. The molecule has 0 N–H and O–H groups in total. The van der Waals surface area contributed by atoms with Crippen LogP contribution in [0.3, 0.4) is 0 Å². The van der Waals surface area contributed by atoms with E-state index in [0.717, 1.165) is 36.9 Å². The predicted molar refractivity (Wildman–Crippen MR) is 71.3 cm³/mol. The third-order valence-electron chi connectivity index (χ3n) is 3.21. The molecule has 1 aliphatic carbocycles. The Labute approximate surface area is 116 Å². The van der Waals surface area contributed by atoms with Crippen LogP contribution in [-0.4, -0.2) is 27.3 Å². The lowest BCUT2D eigenvalue weighted by atomic mass is 9.97. The summed E-state index contributed by atoms with van der Waals surface area (Å²) < 4.78 is 4.98. The third-order valence-corrected chi connectivity index (χ3v) is 3.52. The van der Waals surface area contributed by atoms with E-state index in [9.17, 15) is 0 Å². The molecule has 1 aliphatic rings. The van der Waals surface area contributed by atoms with Crippen LogP contribution in [0.2, 0.25) is 5.15 Å². The Morgan fingerprint density at radius 3 is 2.68 bits per heavy atom. The molecule has 2 aromatic rings. The first-order valence-corrected chi connectivity index (χ1v) is 6.59. The van der Waals surface area contributed by atoms with Crippen molar-refractivity contribution in [1.82, 2.24) is 20.2 Å². The molecular weight excluding hydrogens is 264 g/mol. The summed E-state index contributed by atoms with van der Waals surface area (Å²) in [5, 5.41) is 8.51. The van der Waals surface area contributed by atoms with Crippen LogP contribution < -0.4 is 4.74 Å². The molecule has 0 saturated heterocycles. The highest BCUT2D eigenvalue weighted by atomic mass is 35.5. The Balaban J connectivity index is 2.02. The summed E-state index contributed by atoms with van der Waals surface area (Å²) in [7, 11) is 1.55. The van der Waals surface area contributed by atoms with Crippen molar-refractivity contribution >= 4 is 11.6 Å². The summed E-state index contributed by atoms with van der Waals surface area (Å²) in [6, 6.07) is 3.52. The number of hydrogen-bond acceptors (Lipinski definition) is 5. The van der Waals surface area contributed by atoms with E-state index >= 15 is 0 Å². The maximum absolute atomic E-state index is 6.23. The molecule has 0 bridgehead atoms. The number of aryl methyl sites for hydroxylation is 1. The van der Waals surface area contributed by atoms with E-state index < -0.39 is 0 Å². The van der Waals surface area contributed by atoms with Crippen molar-refractivity contribution in [3.63, 3.8) is 0 Å². The standard InChI is InChI=1S/C13H13ClN4O/c1-19-11-7-6-10(17-18-11)13-15-9-5-3-2-4-8(9)12(14)16-13/h6-7H,2-5H2,1H3. The molecule has 3 rings (SSSR count). The molecule has 0 saturated carbocycles. The number of rotatable bonds is 2. The van der Waals surface area contributed by atoms with Crippen LogP contribution in [0, 0.1) is 0 Å². The molecule has 0 radical (unpaired) electrons. The van der Waals surface area contributed by atoms with Crippen LogP contribution in [0.15, 0.2) is 12.1 Å². The number of nitrogens with zero attached hydrogens (tertiary/aromatic N) is 4. The van der Waals surface area contributed by atoms with Gasteiger partial charge in [0.15, 0.2) is 5.82 Å². The molecule has 0 spiro atoms. The number of methoxy groups -OCH3 is 1. The molecular formula is C13H13ClN4O. The van der Waals surface area contributed by atoms with Gasteiger partial charge in [-0.05, 0) is 31.7 Å². The van der Waals surface area contributed by atoms with E-state index in [1.807, 2.05) is 0 Å². The molecule has 19 heavy (non-hydrogen) atoms. The van der Waals surface area contributed by atoms with Crippen LogP contribution in [-0.2, 0) is 12.8 Å². The van der Waals surface area contributed by atoms with Crippen molar-refractivity contribution in [2.45, 2.75) is 25.7 Å². The zero-order valence-electron chi connectivity index (χ0n) is 10.6. The average Bonchev–Trinajstić information content (AvgIpc) is 2.47. The first kappa shape index (κ1) is 12.3. The van der Waals surface area contributed by atoms with E-state index in [4.69, 9.17) is 16.3 Å². The van der Waals surface area contributed by atoms with Gasteiger partial charge in [0.2, 0.25) is 5.88 Å². The smallest absolute Gasteiger partial charge is 0.233 e. The topological polar surface area (TPSA) is 60.8 Å². The minimum absolute atomic E-state index is 0.466. The van der Waals surface area contributed by atoms with E-state index in [1.165, 1.54) is 0 Å². The van der Waals surface area contributed by atoms with Crippen LogP contribution in [0.1, 0.15) is 24.1 Å². The highest BCUT2D eigenvalue weighted by Gasteiger charge is 2.17. The summed E-state index contributed by atoms with van der Waals surface area (Å²) in [5.74, 6) is 0.994. The fourth-order valence-electron chi connectivity index (χ4n) is 2.21. The lowest BCUT2D eigenvalue weighted by molar-refractivity contribution is 0.392. The molecule has 5 nitrogen and oxygen atoms in total. The molecule has 98 valence electrons. The second kappa shape index (κ2) is 5.09. The Kier molecular flexibility index (Phi) is 3.29. The van der Waals surface area contributed by atoms with Crippen LogP contribution in [0.25, 0.3) is 11.5 Å². The average molecular weight is 277 g/mol. The van der Waals surface area contributed by atoms with Gasteiger partial charge in [-0.2, -0.15) is 0 Å². The number of aromatic nitrogens is 4. The van der Waals surface area contributed by atoms with Crippen molar-refractivity contribution in [2.75, 3.05) is 7.11 Å². The van der Waals surface area contributed by atoms with Gasteiger partial charge in [-0.1, -0.05) is 11.6 Å². The van der Waals surface area contributed by atoms with Crippen LogP contribution >= 0.6 is 11.6 Å². The third kappa shape index (κ3) is 2.38. The SMILES string of the molecule is COc1ccc(-c2nc(Cl)c3c(n2)CCCC3)nn1. The van der Waals surface area contributed by atoms with Gasteiger partial charge in [-0.3, -0.25) is 0 Å². The lowest BCUT2D eigenvalue weighted by Gasteiger charge is -2.16. The Morgan fingerprint density at radius 1 is 1.11 bits per heavy atom. The van der Waals surface area contributed by atoms with Crippen molar-refractivity contribution < 1.29 is 4.74 Å². The largest absolute Gasteiger partial charge is 0.480 e. The van der Waals surface area contributed by atoms with Crippen molar-refractivity contribution in [2.24, 2.45) is 0 Å². The molecule has 2 aromatic heterocycles. The van der Waals surface area contributed by atoms with E-state index in [-0.39, 0.29) is 0 Å². The molecule has 0 aliphatic heterocycles. The summed E-state index contributed by atoms with van der Waals surface area (Å²) >= 11 is 6.23. The normalized spacial score (nSPS) is 14.0. The summed E-state index contributed by atoms with van der Waals surface area (Å²) in [5.41, 5.74) is 2.73. The van der Waals surface area contributed by atoms with Gasteiger partial charge in [-0.25, -0.2) is 9.97 Å². The summed E-state index contributed by atoms with van der Waals surface area (Å²) in [6.07, 6.45) is 4.21. The molecule has 0 unspecified atom stereocenters. The number of fused-ring (bicyclic) bond motifs is 1. The molecule has 6 heteroatoms. The van der Waals surface area contributed by atoms with Gasteiger partial charge >= 0.3 is 0 Å². The monoisotopic (exact) mass is 276 g/mol. The zero-order valence-corrected chi connectivity index (χ0v) is 11.3. The maximum atomic E-state index is 6.23. The van der Waals surface area contributed by atoms with E-state index in [1.54, 1.807) is 19.2 Å². The van der Waals surface area contributed by atoms with Gasteiger partial charge in [0.25, 0.3) is 0 Å². The second-order valence-corrected chi connectivity index (χ2v) is 4.79. The van der Waals surface area contributed by atoms with E-state index in [0.29, 0.717) is 22.6 Å². The van der Waals surface area contributed by atoms with Gasteiger partial charge in [0.05, 0.1) is 7.11 Å². The number of ether oxygens (including phenoxy) is 1. The molecule has 0 amide bonds. The Morgan fingerprint density at radius 2 is 1.95 bits per heavy atom. The highest BCUT2D eigenvalue weighted by Crippen LogP contribution is 2.27. The quantitative estimate of drug-likeness (QED) is 0.789. The fraction of sp³-hybridized carbons (Fsp3) is 0.385. The predicted octanol–water partition coefficient (Wildman–Crippen LogP) is 2.47. The lowest BCUT2D eigenvalue weighted by Crippen LogP contribution is -2.09. The molecule has 0 fully saturated rings. The summed E-state index contributed by atoms with van der Waals surface area (Å²) in [4.78, 5) is 8.88. The van der Waals surface area contributed by atoms with Gasteiger partial charge in [-0.15, -0.1) is 10.2 Å². The highest BCUT2D eigenvalue weighted by molar-refractivity contribution is 6.30. The second-order valence-electron chi connectivity index (χ2n) is 4.43. The van der Waals surface area contributed by atoms with Crippen molar-refractivity contribution in [1.29, 1.82) is 0 Å². The molecule has 2 heterocycles. The van der Waals surface area contributed by atoms with Gasteiger partial charge in [0.1, 0.15) is 10.8 Å². The van der Waals surface area contributed by atoms with Crippen LogP contribution in [0.4, 0.5) is 0 Å². The maximum Gasteiger partial charge on any atom is 0.233 e. The van der Waals surface area contributed by atoms with Gasteiger partial charge in [0, 0.05) is 17.3 Å². The first-order valence-electron chi connectivity index (χ1n) is 6.21. The van der Waals surface area contributed by atoms with Crippen LogP contribution in [0.5, 0.6) is 5.88 Å². The van der Waals surface area contributed by atoms with Crippen molar-refractivity contribution in [3.8, 4) is 17.4 Å². The summed E-state index contributed by atoms with van der Waals surface area (Å²) in [6.45, 7) is 0. The Hall–Kier alpha value is -1.75. The minimum atomic E-state index is 0.466. The van der Waals surface area contributed by atoms with Crippen molar-refractivity contribution in [3.05, 3.63) is 28.5 Å². The van der Waals surface area contributed by atoms with E-state index in [2.05, 4.69) is 20.2 Å². The molecule has 0 atom stereocenters. The minimum Gasteiger partial charge on any atom is -0.480 e. The fourth-order valence-corrected chi connectivity index (χ4v) is 2.49. The zero-order chi connectivity index (χ0) is 13.2. The number of halogens is 1. The number of hydrogen-bond donors (Lipinski definition) is 0. The first-order chi connectivity index (χ1) is 9.28. The Bertz CT molecular complexity index is 600. The van der Waals surface area contributed by atoms with Gasteiger partial charge < -0.3 is 4.74 Å².